The van der Waals surface area contributed by atoms with Crippen molar-refractivity contribution >= 4 is 5.78 Å². The first kappa shape index (κ1) is 14.3. The van der Waals surface area contributed by atoms with Crippen LogP contribution < -0.4 is 0 Å². The molecule has 0 spiro atoms. The van der Waals surface area contributed by atoms with Crippen LogP contribution in [0, 0.1) is 6.92 Å². The van der Waals surface area contributed by atoms with Crippen molar-refractivity contribution in [1.82, 2.24) is 0 Å². The van der Waals surface area contributed by atoms with Crippen LogP contribution in [-0.2, 0) is 6.18 Å². The molecule has 0 saturated heterocycles. The third-order valence-electron chi connectivity index (χ3n) is 3.17. The van der Waals surface area contributed by atoms with Gasteiger partial charge in [0.05, 0.1) is 5.56 Å². The van der Waals surface area contributed by atoms with Gasteiger partial charge in [-0.1, -0.05) is 24.3 Å². The summed E-state index contributed by atoms with van der Waals surface area (Å²) in [4.78, 5) is 11.4. The topological polar surface area (TPSA) is 17.1 Å². The van der Waals surface area contributed by atoms with Gasteiger partial charge in [0.2, 0.25) is 0 Å². The van der Waals surface area contributed by atoms with E-state index in [1.165, 1.54) is 19.1 Å². The van der Waals surface area contributed by atoms with Crippen LogP contribution in [0.2, 0.25) is 0 Å². The molecule has 104 valence electrons. The van der Waals surface area contributed by atoms with Crippen LogP contribution in [0.1, 0.15) is 28.4 Å². The molecule has 2 rings (SSSR count). The van der Waals surface area contributed by atoms with Gasteiger partial charge in [0, 0.05) is 5.56 Å². The van der Waals surface area contributed by atoms with Crippen LogP contribution in [0.15, 0.2) is 42.5 Å². The second kappa shape index (κ2) is 5.12. The molecule has 0 N–H and O–H groups in total. The zero-order valence-corrected chi connectivity index (χ0v) is 11.1. The maximum atomic E-state index is 12.5. The minimum absolute atomic E-state index is 0.0711. The maximum absolute atomic E-state index is 12.5. The molecule has 0 unspecified atom stereocenters. The van der Waals surface area contributed by atoms with Crippen LogP contribution in [-0.4, -0.2) is 5.78 Å². The van der Waals surface area contributed by atoms with Crippen LogP contribution >= 0.6 is 0 Å². The van der Waals surface area contributed by atoms with Crippen molar-refractivity contribution in [3.8, 4) is 11.1 Å². The van der Waals surface area contributed by atoms with Crippen molar-refractivity contribution in [3.05, 3.63) is 59.2 Å². The Morgan fingerprint density at radius 3 is 2.10 bits per heavy atom. The second-order valence-corrected chi connectivity index (χ2v) is 4.66. The molecule has 0 aliphatic heterocycles. The van der Waals surface area contributed by atoms with Gasteiger partial charge in [-0.25, -0.2) is 0 Å². The summed E-state index contributed by atoms with van der Waals surface area (Å²) < 4.78 is 37.6. The summed E-state index contributed by atoms with van der Waals surface area (Å²) in [6, 6.07) is 10.2. The van der Waals surface area contributed by atoms with Crippen LogP contribution in [0.4, 0.5) is 13.2 Å². The van der Waals surface area contributed by atoms with Crippen LogP contribution in [0.5, 0.6) is 0 Å². The third kappa shape index (κ3) is 2.90. The predicted octanol–water partition coefficient (Wildman–Crippen LogP) is 4.88. The molecule has 0 heterocycles. The molecule has 4 heteroatoms. The fourth-order valence-corrected chi connectivity index (χ4v) is 1.99. The molecule has 0 amide bonds. The van der Waals surface area contributed by atoms with E-state index in [9.17, 15) is 18.0 Å². The molecule has 0 bridgehead atoms. The zero-order chi connectivity index (χ0) is 14.9. The normalized spacial score (nSPS) is 11.4. The largest absolute Gasteiger partial charge is 0.416 e. The monoisotopic (exact) mass is 278 g/mol. The van der Waals surface area contributed by atoms with Crippen molar-refractivity contribution in [3.63, 3.8) is 0 Å². The van der Waals surface area contributed by atoms with Gasteiger partial charge in [-0.2, -0.15) is 13.2 Å². The number of halogens is 3. The van der Waals surface area contributed by atoms with Gasteiger partial charge < -0.3 is 0 Å². The van der Waals surface area contributed by atoms with E-state index in [1.54, 1.807) is 18.2 Å². The van der Waals surface area contributed by atoms with Gasteiger partial charge in [0.25, 0.3) is 0 Å². The SMILES string of the molecule is CC(=O)c1ccc(C)c(-c2ccc(C(F)(F)F)cc2)c1. The van der Waals surface area contributed by atoms with Gasteiger partial charge >= 0.3 is 6.18 Å². The molecular weight excluding hydrogens is 265 g/mol. The third-order valence-corrected chi connectivity index (χ3v) is 3.17. The summed E-state index contributed by atoms with van der Waals surface area (Å²) >= 11 is 0. The van der Waals surface area contributed by atoms with E-state index in [-0.39, 0.29) is 5.78 Å². The molecule has 1 nitrogen and oxygen atoms in total. The number of aryl methyl sites for hydroxylation is 1. The zero-order valence-electron chi connectivity index (χ0n) is 11.1. The molecular formula is C16H13F3O. The molecule has 2 aromatic carbocycles. The standard InChI is InChI=1S/C16H13F3O/c1-10-3-4-13(11(2)20)9-15(10)12-5-7-14(8-6-12)16(17,18)19/h3-9H,1-2H3. The summed E-state index contributed by atoms with van der Waals surface area (Å²) in [6.45, 7) is 3.32. The minimum Gasteiger partial charge on any atom is -0.295 e. The lowest BCUT2D eigenvalue weighted by Crippen LogP contribution is -2.04. The van der Waals surface area contributed by atoms with Gasteiger partial charge in [-0.15, -0.1) is 0 Å². The fourth-order valence-electron chi connectivity index (χ4n) is 1.99. The van der Waals surface area contributed by atoms with E-state index in [0.29, 0.717) is 11.1 Å². The Balaban J connectivity index is 2.46. The van der Waals surface area contributed by atoms with E-state index in [4.69, 9.17) is 0 Å². The smallest absolute Gasteiger partial charge is 0.295 e. The van der Waals surface area contributed by atoms with E-state index in [0.717, 1.165) is 23.3 Å². The van der Waals surface area contributed by atoms with Crippen molar-refractivity contribution in [1.29, 1.82) is 0 Å². The summed E-state index contributed by atoms with van der Waals surface area (Å²) in [5.74, 6) is -0.0711. The summed E-state index contributed by atoms with van der Waals surface area (Å²) in [7, 11) is 0. The molecule has 20 heavy (non-hydrogen) atoms. The molecule has 0 aliphatic carbocycles. The molecule has 2 aromatic rings. The average molecular weight is 278 g/mol. The predicted molar refractivity (Wildman–Crippen MR) is 71.6 cm³/mol. The van der Waals surface area contributed by atoms with Crippen molar-refractivity contribution in [2.24, 2.45) is 0 Å². The van der Waals surface area contributed by atoms with E-state index < -0.39 is 11.7 Å². The highest BCUT2D eigenvalue weighted by atomic mass is 19.4. The summed E-state index contributed by atoms with van der Waals surface area (Å²) in [6.07, 6.45) is -4.34. The minimum atomic E-state index is -4.34. The van der Waals surface area contributed by atoms with Gasteiger partial charge in [0.15, 0.2) is 5.78 Å². The average Bonchev–Trinajstić information content (AvgIpc) is 2.38. The van der Waals surface area contributed by atoms with Gasteiger partial charge in [0.1, 0.15) is 0 Å². The van der Waals surface area contributed by atoms with E-state index >= 15 is 0 Å². The maximum Gasteiger partial charge on any atom is 0.416 e. The number of carbonyl (C=O) groups excluding carboxylic acids is 1. The fraction of sp³-hybridized carbons (Fsp3) is 0.188. The number of Topliss-reactive ketones (excluding diaryl/α,β-unsaturated/α-hetero) is 1. The number of benzene rings is 2. The number of rotatable bonds is 2. The molecule has 0 radical (unpaired) electrons. The highest BCUT2D eigenvalue weighted by molar-refractivity contribution is 5.95. The first-order valence-electron chi connectivity index (χ1n) is 6.08. The molecule has 0 saturated carbocycles. The number of alkyl halides is 3. The lowest BCUT2D eigenvalue weighted by molar-refractivity contribution is -0.137. The Morgan fingerprint density at radius 1 is 1.00 bits per heavy atom. The Morgan fingerprint density at radius 2 is 1.60 bits per heavy atom. The van der Waals surface area contributed by atoms with Gasteiger partial charge in [-0.05, 0) is 48.7 Å². The van der Waals surface area contributed by atoms with Crippen molar-refractivity contribution < 1.29 is 18.0 Å². The number of carbonyl (C=O) groups is 1. The highest BCUT2D eigenvalue weighted by Gasteiger charge is 2.30. The summed E-state index contributed by atoms with van der Waals surface area (Å²) in [5, 5.41) is 0. The number of hydrogen-bond acceptors (Lipinski definition) is 1. The molecule has 0 fully saturated rings. The number of ketones is 1. The molecule has 0 aromatic heterocycles. The lowest BCUT2D eigenvalue weighted by atomic mass is 9.96. The Kier molecular flexibility index (Phi) is 3.66. The van der Waals surface area contributed by atoms with Crippen molar-refractivity contribution in [2.75, 3.05) is 0 Å². The Bertz CT molecular complexity index is 640. The second-order valence-electron chi connectivity index (χ2n) is 4.66. The lowest BCUT2D eigenvalue weighted by Gasteiger charge is -2.10. The quantitative estimate of drug-likeness (QED) is 0.715. The first-order valence-corrected chi connectivity index (χ1v) is 6.08. The van der Waals surface area contributed by atoms with Crippen molar-refractivity contribution in [2.45, 2.75) is 20.0 Å². The first-order chi connectivity index (χ1) is 9.29. The Labute approximate surface area is 115 Å². The van der Waals surface area contributed by atoms with Crippen LogP contribution in [0.25, 0.3) is 11.1 Å². The van der Waals surface area contributed by atoms with E-state index in [2.05, 4.69) is 0 Å². The summed E-state index contributed by atoms with van der Waals surface area (Å²) in [5.41, 5.74) is 2.21. The highest BCUT2D eigenvalue weighted by Crippen LogP contribution is 2.32. The van der Waals surface area contributed by atoms with Gasteiger partial charge in [-0.3, -0.25) is 4.79 Å². The number of hydrogen-bond donors (Lipinski definition) is 0. The molecule has 0 aliphatic rings. The Hall–Kier alpha value is -2.10. The van der Waals surface area contributed by atoms with Crippen LogP contribution in [0.3, 0.4) is 0 Å². The van der Waals surface area contributed by atoms with E-state index in [1.807, 2.05) is 6.92 Å². The molecule has 0 atom stereocenters.